The smallest absolute Gasteiger partial charge is 0.120 e. The van der Waals surface area contributed by atoms with E-state index in [2.05, 4.69) is 26.1 Å². The van der Waals surface area contributed by atoms with E-state index in [-0.39, 0.29) is 11.6 Å². The van der Waals surface area contributed by atoms with Crippen molar-refractivity contribution in [1.82, 2.24) is 5.32 Å². The standard InChI is InChI=1S/C12H21NO2/c1-5-13-10(9-12(2,3)14-4)11-7-6-8-15-11/h6-8,10,13H,5,9H2,1-4H3. The molecule has 1 heterocycles. The van der Waals surface area contributed by atoms with Gasteiger partial charge >= 0.3 is 0 Å². The Hall–Kier alpha value is -0.800. The van der Waals surface area contributed by atoms with Gasteiger partial charge in [0.25, 0.3) is 0 Å². The summed E-state index contributed by atoms with van der Waals surface area (Å²) in [4.78, 5) is 0. The molecule has 0 bridgehead atoms. The zero-order chi connectivity index (χ0) is 11.3. The monoisotopic (exact) mass is 211 g/mol. The van der Waals surface area contributed by atoms with Crippen LogP contribution in [0.3, 0.4) is 0 Å². The van der Waals surface area contributed by atoms with Crippen LogP contribution in [0.5, 0.6) is 0 Å². The van der Waals surface area contributed by atoms with Crippen molar-refractivity contribution >= 4 is 0 Å². The Morgan fingerprint density at radius 2 is 2.27 bits per heavy atom. The fourth-order valence-electron chi connectivity index (χ4n) is 1.58. The van der Waals surface area contributed by atoms with E-state index in [1.165, 1.54) is 0 Å². The van der Waals surface area contributed by atoms with Gasteiger partial charge in [-0.1, -0.05) is 6.92 Å². The largest absolute Gasteiger partial charge is 0.468 e. The molecule has 0 fully saturated rings. The summed E-state index contributed by atoms with van der Waals surface area (Å²) in [6.45, 7) is 7.18. The summed E-state index contributed by atoms with van der Waals surface area (Å²) in [5.74, 6) is 0.974. The molecule has 0 aliphatic carbocycles. The molecule has 1 unspecified atom stereocenters. The van der Waals surface area contributed by atoms with Crippen molar-refractivity contribution in [3.05, 3.63) is 24.2 Å². The van der Waals surface area contributed by atoms with Crippen LogP contribution >= 0.6 is 0 Å². The molecule has 86 valence electrons. The highest BCUT2D eigenvalue weighted by atomic mass is 16.5. The first-order valence-electron chi connectivity index (χ1n) is 5.41. The van der Waals surface area contributed by atoms with Gasteiger partial charge < -0.3 is 14.5 Å². The summed E-state index contributed by atoms with van der Waals surface area (Å²) in [6, 6.07) is 4.14. The van der Waals surface area contributed by atoms with E-state index >= 15 is 0 Å². The van der Waals surface area contributed by atoms with E-state index in [1.54, 1.807) is 13.4 Å². The first kappa shape index (κ1) is 12.3. The van der Waals surface area contributed by atoms with Gasteiger partial charge in [-0.15, -0.1) is 0 Å². The molecule has 1 aromatic heterocycles. The lowest BCUT2D eigenvalue weighted by molar-refractivity contribution is 0.00517. The van der Waals surface area contributed by atoms with E-state index in [0.717, 1.165) is 18.7 Å². The van der Waals surface area contributed by atoms with Crippen LogP contribution in [0.15, 0.2) is 22.8 Å². The van der Waals surface area contributed by atoms with Gasteiger partial charge in [-0.25, -0.2) is 0 Å². The van der Waals surface area contributed by atoms with Crippen LogP contribution in [-0.2, 0) is 4.74 Å². The Morgan fingerprint density at radius 1 is 1.53 bits per heavy atom. The molecule has 1 rings (SSSR count). The number of ether oxygens (including phenoxy) is 1. The molecule has 0 saturated heterocycles. The zero-order valence-corrected chi connectivity index (χ0v) is 10.0. The molecular formula is C12H21NO2. The van der Waals surface area contributed by atoms with Crippen molar-refractivity contribution < 1.29 is 9.15 Å². The lowest BCUT2D eigenvalue weighted by Gasteiger charge is -2.27. The topological polar surface area (TPSA) is 34.4 Å². The van der Waals surface area contributed by atoms with Crippen LogP contribution in [0, 0.1) is 0 Å². The Balaban J connectivity index is 2.67. The second-order valence-electron chi connectivity index (χ2n) is 4.29. The molecule has 1 aromatic rings. The second kappa shape index (κ2) is 5.33. The Morgan fingerprint density at radius 3 is 2.73 bits per heavy atom. The minimum absolute atomic E-state index is 0.139. The minimum atomic E-state index is -0.139. The molecule has 0 amide bonds. The summed E-state index contributed by atoms with van der Waals surface area (Å²) < 4.78 is 10.9. The minimum Gasteiger partial charge on any atom is -0.468 e. The number of hydrogen-bond acceptors (Lipinski definition) is 3. The Bertz CT molecular complexity index is 267. The highest BCUT2D eigenvalue weighted by Gasteiger charge is 2.24. The van der Waals surface area contributed by atoms with Gasteiger partial charge in [0, 0.05) is 7.11 Å². The van der Waals surface area contributed by atoms with Crippen LogP contribution in [0.1, 0.15) is 39.0 Å². The van der Waals surface area contributed by atoms with Crippen LogP contribution in [0.4, 0.5) is 0 Å². The summed E-state index contributed by atoms with van der Waals surface area (Å²) in [7, 11) is 1.74. The summed E-state index contributed by atoms with van der Waals surface area (Å²) in [6.07, 6.45) is 2.60. The van der Waals surface area contributed by atoms with Gasteiger partial charge in [-0.3, -0.25) is 0 Å². The number of nitrogens with one attached hydrogen (secondary N) is 1. The maximum absolute atomic E-state index is 5.43. The number of hydrogen-bond donors (Lipinski definition) is 1. The maximum atomic E-state index is 5.43. The first-order valence-corrected chi connectivity index (χ1v) is 5.41. The summed E-state index contributed by atoms with van der Waals surface area (Å²) in [5.41, 5.74) is -0.139. The molecule has 0 spiro atoms. The average molecular weight is 211 g/mol. The van der Waals surface area contributed by atoms with Crippen molar-refractivity contribution in [1.29, 1.82) is 0 Å². The van der Waals surface area contributed by atoms with Crippen molar-refractivity contribution in [3.63, 3.8) is 0 Å². The lowest BCUT2D eigenvalue weighted by Crippen LogP contribution is -2.31. The molecule has 0 radical (unpaired) electrons. The molecule has 1 atom stereocenters. The van der Waals surface area contributed by atoms with Gasteiger partial charge in [0.1, 0.15) is 5.76 Å². The number of furan rings is 1. The number of methoxy groups -OCH3 is 1. The Labute approximate surface area is 91.8 Å². The van der Waals surface area contributed by atoms with Crippen molar-refractivity contribution in [2.24, 2.45) is 0 Å². The highest BCUT2D eigenvalue weighted by Crippen LogP contribution is 2.26. The van der Waals surface area contributed by atoms with Gasteiger partial charge in [-0.2, -0.15) is 0 Å². The molecule has 3 nitrogen and oxygen atoms in total. The quantitative estimate of drug-likeness (QED) is 0.785. The van der Waals surface area contributed by atoms with Gasteiger partial charge in [0.15, 0.2) is 0 Å². The normalized spacial score (nSPS) is 14.1. The average Bonchev–Trinajstić information content (AvgIpc) is 2.70. The van der Waals surface area contributed by atoms with Crippen LogP contribution in [0.25, 0.3) is 0 Å². The fourth-order valence-corrected chi connectivity index (χ4v) is 1.58. The first-order chi connectivity index (χ1) is 7.09. The molecule has 1 N–H and O–H groups in total. The van der Waals surface area contributed by atoms with E-state index in [0.29, 0.717) is 0 Å². The Kier molecular flexibility index (Phi) is 4.36. The van der Waals surface area contributed by atoms with Crippen molar-refractivity contribution in [2.45, 2.75) is 38.8 Å². The second-order valence-corrected chi connectivity index (χ2v) is 4.29. The van der Waals surface area contributed by atoms with Gasteiger partial charge in [0.2, 0.25) is 0 Å². The fraction of sp³-hybridized carbons (Fsp3) is 0.667. The van der Waals surface area contributed by atoms with Gasteiger partial charge in [-0.05, 0) is 38.9 Å². The van der Waals surface area contributed by atoms with Gasteiger partial charge in [0.05, 0.1) is 17.9 Å². The van der Waals surface area contributed by atoms with Crippen molar-refractivity contribution in [3.8, 4) is 0 Å². The number of rotatable bonds is 6. The van der Waals surface area contributed by atoms with E-state index in [1.807, 2.05) is 12.1 Å². The zero-order valence-electron chi connectivity index (χ0n) is 10.0. The summed E-state index contributed by atoms with van der Waals surface area (Å²) >= 11 is 0. The van der Waals surface area contributed by atoms with E-state index in [4.69, 9.17) is 9.15 Å². The third-order valence-electron chi connectivity index (χ3n) is 2.59. The molecular weight excluding hydrogens is 190 g/mol. The molecule has 3 heteroatoms. The third-order valence-corrected chi connectivity index (χ3v) is 2.59. The molecule has 0 aromatic carbocycles. The van der Waals surface area contributed by atoms with Crippen LogP contribution < -0.4 is 5.32 Å². The highest BCUT2D eigenvalue weighted by molar-refractivity contribution is 5.05. The molecule has 0 saturated carbocycles. The van der Waals surface area contributed by atoms with E-state index in [9.17, 15) is 0 Å². The molecule has 0 aliphatic rings. The lowest BCUT2D eigenvalue weighted by atomic mass is 9.97. The van der Waals surface area contributed by atoms with Crippen LogP contribution in [0.2, 0.25) is 0 Å². The maximum Gasteiger partial charge on any atom is 0.120 e. The summed E-state index contributed by atoms with van der Waals surface area (Å²) in [5, 5.41) is 3.40. The predicted octanol–water partition coefficient (Wildman–Crippen LogP) is 2.75. The van der Waals surface area contributed by atoms with Crippen molar-refractivity contribution in [2.75, 3.05) is 13.7 Å². The van der Waals surface area contributed by atoms with Crippen LogP contribution in [-0.4, -0.2) is 19.3 Å². The van der Waals surface area contributed by atoms with E-state index < -0.39 is 0 Å². The third kappa shape index (κ3) is 3.68. The predicted molar refractivity (Wildman–Crippen MR) is 60.8 cm³/mol. The SMILES string of the molecule is CCNC(CC(C)(C)OC)c1ccco1. The molecule has 0 aliphatic heterocycles. The molecule has 15 heavy (non-hydrogen) atoms.